The molecular weight excluding hydrogens is 530 g/mol. The van der Waals surface area contributed by atoms with Gasteiger partial charge in [0.2, 0.25) is 0 Å². The van der Waals surface area contributed by atoms with E-state index < -0.39 is 10.0 Å². The molecule has 1 aliphatic rings. The molecule has 0 aliphatic carbocycles. The fraction of sp³-hybridized carbons (Fsp3) is 0.310. The summed E-state index contributed by atoms with van der Waals surface area (Å²) in [5, 5.41) is 4.02. The van der Waals surface area contributed by atoms with Crippen molar-refractivity contribution >= 4 is 48.3 Å². The van der Waals surface area contributed by atoms with Crippen LogP contribution in [0.25, 0.3) is 10.2 Å². The van der Waals surface area contributed by atoms with E-state index in [1.165, 1.54) is 15.8 Å². The second kappa shape index (κ2) is 11.3. The quantitative estimate of drug-likeness (QED) is 0.326. The zero-order chi connectivity index (χ0) is 27.6. The number of hydrogen-bond acceptors (Lipinski definition) is 7. The van der Waals surface area contributed by atoms with E-state index in [4.69, 9.17) is 4.98 Å². The number of carbonyl (C=O) groups is 1. The van der Waals surface area contributed by atoms with Crippen LogP contribution in [0.1, 0.15) is 27.0 Å². The standard InChI is InChI=1S/C29H33N5O3S2/c1-20-8-12-23(13-9-20)39(36,37)32-25-7-5-4-6-24(25)28(35)30-14-15-33-16-18-34(19-17-33)29-31-26-21(2)10-11-22(3)27(26)38-29/h4-13,32H,14-19H2,1-3H3,(H,30,35). The van der Waals surface area contributed by atoms with Gasteiger partial charge in [0.05, 0.1) is 26.4 Å². The van der Waals surface area contributed by atoms with Gasteiger partial charge in [-0.15, -0.1) is 0 Å². The number of aromatic nitrogens is 1. The van der Waals surface area contributed by atoms with Crippen LogP contribution >= 0.6 is 11.3 Å². The van der Waals surface area contributed by atoms with E-state index in [2.05, 4.69) is 45.8 Å². The third-order valence-electron chi connectivity index (χ3n) is 7.03. The normalized spacial score (nSPS) is 14.5. The highest BCUT2D eigenvalue weighted by Crippen LogP contribution is 2.33. The molecule has 1 fully saturated rings. The Labute approximate surface area is 233 Å². The van der Waals surface area contributed by atoms with Crippen LogP contribution in [0.4, 0.5) is 10.8 Å². The van der Waals surface area contributed by atoms with Crippen LogP contribution in [0, 0.1) is 20.8 Å². The molecule has 5 rings (SSSR count). The summed E-state index contributed by atoms with van der Waals surface area (Å²) in [6.07, 6.45) is 0. The zero-order valence-electron chi connectivity index (χ0n) is 22.4. The van der Waals surface area contributed by atoms with Gasteiger partial charge < -0.3 is 10.2 Å². The molecular formula is C29H33N5O3S2. The maximum absolute atomic E-state index is 13.0. The van der Waals surface area contributed by atoms with E-state index >= 15 is 0 Å². The fourth-order valence-corrected chi connectivity index (χ4v) is 6.90. The van der Waals surface area contributed by atoms with Gasteiger partial charge in [-0.05, 0) is 56.2 Å². The summed E-state index contributed by atoms with van der Waals surface area (Å²) in [7, 11) is -3.81. The highest BCUT2D eigenvalue weighted by molar-refractivity contribution is 7.92. The van der Waals surface area contributed by atoms with Crippen molar-refractivity contribution in [1.29, 1.82) is 0 Å². The molecule has 204 valence electrons. The number of thiazole rings is 1. The minimum atomic E-state index is -3.81. The van der Waals surface area contributed by atoms with Crippen LogP contribution in [0.3, 0.4) is 0 Å². The molecule has 3 aromatic carbocycles. The molecule has 10 heteroatoms. The summed E-state index contributed by atoms with van der Waals surface area (Å²) in [6.45, 7) is 10.9. The number of carbonyl (C=O) groups excluding carboxylic acids is 1. The number of para-hydroxylation sites is 1. The largest absolute Gasteiger partial charge is 0.351 e. The highest BCUT2D eigenvalue weighted by atomic mass is 32.2. The number of piperazine rings is 1. The molecule has 0 spiro atoms. The molecule has 1 aliphatic heterocycles. The Balaban J connectivity index is 1.14. The number of aryl methyl sites for hydroxylation is 3. The first-order valence-corrected chi connectivity index (χ1v) is 15.3. The Morgan fingerprint density at radius 3 is 2.33 bits per heavy atom. The molecule has 0 saturated carbocycles. The van der Waals surface area contributed by atoms with E-state index in [9.17, 15) is 13.2 Å². The highest BCUT2D eigenvalue weighted by Gasteiger charge is 2.22. The topological polar surface area (TPSA) is 94.6 Å². The number of hydrogen-bond donors (Lipinski definition) is 2. The minimum absolute atomic E-state index is 0.151. The molecule has 0 bridgehead atoms. The minimum Gasteiger partial charge on any atom is -0.351 e. The van der Waals surface area contributed by atoms with E-state index in [-0.39, 0.29) is 16.5 Å². The molecule has 2 N–H and O–H groups in total. The van der Waals surface area contributed by atoms with Crippen LogP contribution in [0.2, 0.25) is 0 Å². The van der Waals surface area contributed by atoms with Crippen molar-refractivity contribution in [2.45, 2.75) is 25.7 Å². The lowest BCUT2D eigenvalue weighted by atomic mass is 10.1. The van der Waals surface area contributed by atoms with Crippen LogP contribution in [-0.4, -0.2) is 63.5 Å². The SMILES string of the molecule is Cc1ccc(S(=O)(=O)Nc2ccccc2C(=O)NCCN2CCN(c3nc4c(C)ccc(C)c4s3)CC2)cc1. The summed E-state index contributed by atoms with van der Waals surface area (Å²) < 4.78 is 29.6. The summed E-state index contributed by atoms with van der Waals surface area (Å²) >= 11 is 1.76. The number of nitrogens with one attached hydrogen (secondary N) is 2. The summed E-state index contributed by atoms with van der Waals surface area (Å²) in [4.78, 5) is 22.7. The molecule has 2 heterocycles. The lowest BCUT2D eigenvalue weighted by Crippen LogP contribution is -2.48. The predicted octanol–water partition coefficient (Wildman–Crippen LogP) is 4.57. The first-order valence-electron chi connectivity index (χ1n) is 13.0. The van der Waals surface area contributed by atoms with E-state index in [1.54, 1.807) is 59.9 Å². The van der Waals surface area contributed by atoms with Crippen molar-refractivity contribution in [2.24, 2.45) is 0 Å². The van der Waals surface area contributed by atoms with Crippen molar-refractivity contribution < 1.29 is 13.2 Å². The first kappa shape index (κ1) is 27.1. The first-order chi connectivity index (χ1) is 18.7. The summed E-state index contributed by atoms with van der Waals surface area (Å²) in [6, 6.07) is 17.5. The second-order valence-electron chi connectivity index (χ2n) is 9.92. The number of amides is 1. The van der Waals surface area contributed by atoms with Gasteiger partial charge in [0.15, 0.2) is 5.13 Å². The summed E-state index contributed by atoms with van der Waals surface area (Å²) in [5.74, 6) is -0.309. The molecule has 1 aromatic heterocycles. The Kier molecular flexibility index (Phi) is 7.88. The lowest BCUT2D eigenvalue weighted by Gasteiger charge is -2.34. The van der Waals surface area contributed by atoms with Crippen molar-refractivity contribution in [3.05, 3.63) is 82.9 Å². The second-order valence-corrected chi connectivity index (χ2v) is 12.6. The van der Waals surface area contributed by atoms with E-state index in [0.29, 0.717) is 12.1 Å². The molecule has 1 amide bonds. The lowest BCUT2D eigenvalue weighted by molar-refractivity contribution is 0.0948. The van der Waals surface area contributed by atoms with Gasteiger partial charge in [-0.2, -0.15) is 0 Å². The van der Waals surface area contributed by atoms with Gasteiger partial charge in [-0.25, -0.2) is 13.4 Å². The maximum Gasteiger partial charge on any atom is 0.261 e. The van der Waals surface area contributed by atoms with Gasteiger partial charge >= 0.3 is 0 Å². The maximum atomic E-state index is 13.0. The van der Waals surface area contributed by atoms with Crippen LogP contribution < -0.4 is 14.9 Å². The molecule has 0 unspecified atom stereocenters. The Morgan fingerprint density at radius 2 is 1.62 bits per heavy atom. The molecule has 8 nitrogen and oxygen atoms in total. The van der Waals surface area contributed by atoms with Gasteiger partial charge in [0.1, 0.15) is 0 Å². The van der Waals surface area contributed by atoms with E-state index in [0.717, 1.165) is 48.9 Å². The van der Waals surface area contributed by atoms with Gasteiger partial charge in [0.25, 0.3) is 15.9 Å². The number of nitrogens with zero attached hydrogens (tertiary/aromatic N) is 3. The molecule has 4 aromatic rings. The zero-order valence-corrected chi connectivity index (χ0v) is 24.0. The van der Waals surface area contributed by atoms with Crippen molar-refractivity contribution in [1.82, 2.24) is 15.2 Å². The number of sulfonamides is 1. The van der Waals surface area contributed by atoms with Crippen LogP contribution in [0.15, 0.2) is 65.6 Å². The monoisotopic (exact) mass is 563 g/mol. The third kappa shape index (κ3) is 6.08. The Morgan fingerprint density at radius 1 is 0.923 bits per heavy atom. The van der Waals surface area contributed by atoms with Crippen molar-refractivity contribution in [3.63, 3.8) is 0 Å². The number of anilines is 2. The number of benzene rings is 3. The van der Waals surface area contributed by atoms with Gasteiger partial charge in [-0.1, -0.05) is 53.3 Å². The smallest absolute Gasteiger partial charge is 0.261 e. The van der Waals surface area contributed by atoms with Crippen LogP contribution in [0.5, 0.6) is 0 Å². The predicted molar refractivity (Wildman–Crippen MR) is 159 cm³/mol. The van der Waals surface area contributed by atoms with Crippen molar-refractivity contribution in [2.75, 3.05) is 48.9 Å². The van der Waals surface area contributed by atoms with Crippen LogP contribution in [-0.2, 0) is 10.0 Å². The average Bonchev–Trinajstić information content (AvgIpc) is 3.39. The number of fused-ring (bicyclic) bond motifs is 1. The van der Waals surface area contributed by atoms with E-state index in [1.807, 2.05) is 6.92 Å². The average molecular weight is 564 g/mol. The number of rotatable bonds is 8. The summed E-state index contributed by atoms with van der Waals surface area (Å²) in [5.41, 5.74) is 5.08. The Hall–Kier alpha value is -3.47. The fourth-order valence-electron chi connectivity index (χ4n) is 4.66. The molecule has 0 atom stereocenters. The third-order valence-corrected chi connectivity index (χ3v) is 9.67. The van der Waals surface area contributed by atoms with Crippen molar-refractivity contribution in [3.8, 4) is 0 Å². The van der Waals surface area contributed by atoms with Gasteiger partial charge in [-0.3, -0.25) is 14.4 Å². The molecule has 0 radical (unpaired) electrons. The Bertz CT molecular complexity index is 1550. The molecule has 1 saturated heterocycles. The molecule has 39 heavy (non-hydrogen) atoms. The van der Waals surface area contributed by atoms with Gasteiger partial charge in [0, 0.05) is 39.3 Å².